The molecule has 0 spiro atoms. The second kappa shape index (κ2) is 9.17. The molecule has 1 aromatic rings. The van der Waals surface area contributed by atoms with E-state index in [0.29, 0.717) is 26.3 Å². The molecule has 1 saturated heterocycles. The molecule has 2 rings (SSSR count). The number of nitro benzene ring substituents is 1. The molecule has 1 aromatic carbocycles. The van der Waals surface area contributed by atoms with Crippen LogP contribution in [0.4, 0.5) is 14.9 Å². The number of halogens is 1. The van der Waals surface area contributed by atoms with Crippen molar-refractivity contribution in [2.24, 2.45) is 0 Å². The SMILES string of the molecule is C[C@@H](NC(=O)OC(C)(C)C)[C@@H](C(=O)N1CCOCC1)c1ccc([N+](=O)[O-])c(F)c1. The summed E-state index contributed by atoms with van der Waals surface area (Å²) in [4.78, 5) is 37.0. The minimum atomic E-state index is -1.04. The quantitative estimate of drug-likeness (QED) is 0.589. The molecule has 1 N–H and O–H groups in total. The van der Waals surface area contributed by atoms with Crippen molar-refractivity contribution in [2.45, 2.75) is 45.3 Å². The van der Waals surface area contributed by atoms with E-state index < -0.39 is 40.1 Å². The average Bonchev–Trinajstić information content (AvgIpc) is 2.60. The highest BCUT2D eigenvalue weighted by molar-refractivity contribution is 5.85. The molecule has 0 bridgehead atoms. The van der Waals surface area contributed by atoms with Crippen molar-refractivity contribution in [3.05, 3.63) is 39.7 Å². The highest BCUT2D eigenvalue weighted by atomic mass is 19.1. The number of benzene rings is 1. The topological polar surface area (TPSA) is 111 Å². The summed E-state index contributed by atoms with van der Waals surface area (Å²) in [6.45, 7) is 8.21. The number of hydrogen-bond donors (Lipinski definition) is 1. The fourth-order valence-electron chi connectivity index (χ4n) is 3.07. The van der Waals surface area contributed by atoms with Crippen LogP contribution >= 0.6 is 0 Å². The summed E-state index contributed by atoms with van der Waals surface area (Å²) >= 11 is 0. The summed E-state index contributed by atoms with van der Waals surface area (Å²) in [6.07, 6.45) is -0.716. The van der Waals surface area contributed by atoms with Crippen LogP contribution < -0.4 is 5.32 Å². The molecule has 2 atom stereocenters. The second-order valence-corrected chi connectivity index (χ2v) is 7.82. The number of morpholine rings is 1. The van der Waals surface area contributed by atoms with Crippen molar-refractivity contribution in [2.75, 3.05) is 26.3 Å². The van der Waals surface area contributed by atoms with E-state index >= 15 is 0 Å². The molecular formula is C19H26FN3O6. The zero-order valence-corrected chi connectivity index (χ0v) is 16.9. The number of nitrogens with zero attached hydrogens (tertiary/aromatic N) is 2. The van der Waals surface area contributed by atoms with Crippen LogP contribution in [0, 0.1) is 15.9 Å². The van der Waals surface area contributed by atoms with Crippen molar-refractivity contribution < 1.29 is 28.4 Å². The highest BCUT2D eigenvalue weighted by Gasteiger charge is 2.34. The van der Waals surface area contributed by atoms with Gasteiger partial charge in [-0.05, 0) is 39.3 Å². The van der Waals surface area contributed by atoms with Gasteiger partial charge >= 0.3 is 11.8 Å². The smallest absolute Gasteiger partial charge is 0.407 e. The molecule has 29 heavy (non-hydrogen) atoms. The van der Waals surface area contributed by atoms with Crippen LogP contribution in [0.25, 0.3) is 0 Å². The van der Waals surface area contributed by atoms with E-state index in [4.69, 9.17) is 9.47 Å². The Bertz CT molecular complexity index is 774. The number of ether oxygens (including phenoxy) is 2. The zero-order valence-electron chi connectivity index (χ0n) is 16.9. The van der Waals surface area contributed by atoms with Gasteiger partial charge in [0.2, 0.25) is 11.7 Å². The van der Waals surface area contributed by atoms with E-state index in [1.807, 2.05) is 0 Å². The first-order valence-electron chi connectivity index (χ1n) is 9.29. The van der Waals surface area contributed by atoms with Gasteiger partial charge in [-0.15, -0.1) is 0 Å². The van der Waals surface area contributed by atoms with Gasteiger partial charge in [0, 0.05) is 25.2 Å². The zero-order chi connectivity index (χ0) is 21.8. The molecule has 1 heterocycles. The fraction of sp³-hybridized carbons (Fsp3) is 0.579. The van der Waals surface area contributed by atoms with Gasteiger partial charge < -0.3 is 19.7 Å². The van der Waals surface area contributed by atoms with Crippen LogP contribution in [0.2, 0.25) is 0 Å². The largest absolute Gasteiger partial charge is 0.444 e. The van der Waals surface area contributed by atoms with Gasteiger partial charge in [-0.25, -0.2) is 4.79 Å². The molecule has 1 aliphatic rings. The molecule has 1 aliphatic heterocycles. The van der Waals surface area contributed by atoms with Gasteiger partial charge in [0.25, 0.3) is 0 Å². The van der Waals surface area contributed by atoms with Crippen LogP contribution in [0.15, 0.2) is 18.2 Å². The Hall–Kier alpha value is -2.75. The number of carbonyl (C=O) groups is 2. The lowest BCUT2D eigenvalue weighted by Crippen LogP contribution is -2.49. The van der Waals surface area contributed by atoms with Crippen molar-refractivity contribution in [1.29, 1.82) is 0 Å². The van der Waals surface area contributed by atoms with Crippen LogP contribution in [0.1, 0.15) is 39.2 Å². The van der Waals surface area contributed by atoms with Crippen LogP contribution in [0.3, 0.4) is 0 Å². The third-order valence-electron chi connectivity index (χ3n) is 4.36. The Kier molecular flexibility index (Phi) is 7.12. The van der Waals surface area contributed by atoms with E-state index in [0.717, 1.165) is 12.1 Å². The molecule has 9 nitrogen and oxygen atoms in total. The standard InChI is InChI=1S/C19H26FN3O6/c1-12(21-18(25)29-19(2,3)4)16(17(24)22-7-9-28-10-8-22)13-5-6-15(23(26)27)14(20)11-13/h5-6,11-12,16H,7-10H2,1-4H3,(H,21,25)/t12-,16-/m1/s1. The maximum Gasteiger partial charge on any atom is 0.407 e. The Balaban J connectivity index is 2.32. The van der Waals surface area contributed by atoms with E-state index in [1.165, 1.54) is 6.07 Å². The summed E-state index contributed by atoms with van der Waals surface area (Å²) in [7, 11) is 0. The van der Waals surface area contributed by atoms with Gasteiger partial charge in [-0.1, -0.05) is 6.07 Å². The number of rotatable bonds is 5. The molecule has 160 valence electrons. The van der Waals surface area contributed by atoms with E-state index in [9.17, 15) is 24.1 Å². The minimum Gasteiger partial charge on any atom is -0.444 e. The monoisotopic (exact) mass is 411 g/mol. The maximum absolute atomic E-state index is 14.2. The second-order valence-electron chi connectivity index (χ2n) is 7.82. The summed E-state index contributed by atoms with van der Waals surface area (Å²) in [5, 5.41) is 13.5. The summed E-state index contributed by atoms with van der Waals surface area (Å²) in [5.74, 6) is -2.32. The lowest BCUT2D eigenvalue weighted by molar-refractivity contribution is -0.387. The third kappa shape index (κ3) is 6.11. The Morgan fingerprint density at radius 3 is 2.45 bits per heavy atom. The molecule has 0 aliphatic carbocycles. The average molecular weight is 411 g/mol. The van der Waals surface area contributed by atoms with Crippen molar-refractivity contribution in [3.63, 3.8) is 0 Å². The number of nitro groups is 1. The number of nitrogens with one attached hydrogen (secondary N) is 1. The predicted octanol–water partition coefficient (Wildman–Crippen LogP) is 2.59. The van der Waals surface area contributed by atoms with Gasteiger partial charge in [-0.3, -0.25) is 14.9 Å². The van der Waals surface area contributed by atoms with E-state index in [1.54, 1.807) is 32.6 Å². The molecule has 1 fully saturated rings. The minimum absolute atomic E-state index is 0.230. The molecular weight excluding hydrogens is 385 g/mol. The first-order chi connectivity index (χ1) is 13.5. The summed E-state index contributed by atoms with van der Waals surface area (Å²) in [5.41, 5.74) is -1.18. The lowest BCUT2D eigenvalue weighted by Gasteiger charge is -2.33. The van der Waals surface area contributed by atoms with E-state index in [2.05, 4.69) is 5.32 Å². The third-order valence-corrected chi connectivity index (χ3v) is 4.36. The van der Waals surface area contributed by atoms with Gasteiger partial charge in [0.15, 0.2) is 0 Å². The van der Waals surface area contributed by atoms with Crippen LogP contribution in [-0.2, 0) is 14.3 Å². The molecule has 0 saturated carbocycles. The maximum atomic E-state index is 14.2. The molecule has 0 unspecified atom stereocenters. The normalized spacial score (nSPS) is 16.7. The Labute approximate surface area is 168 Å². The molecule has 0 radical (unpaired) electrons. The van der Waals surface area contributed by atoms with Crippen molar-refractivity contribution in [1.82, 2.24) is 10.2 Å². The summed E-state index contributed by atoms with van der Waals surface area (Å²) in [6, 6.07) is 2.57. The molecule has 0 aromatic heterocycles. The van der Waals surface area contributed by atoms with Gasteiger partial charge in [0.1, 0.15) is 5.60 Å². The Morgan fingerprint density at radius 2 is 1.93 bits per heavy atom. The van der Waals surface area contributed by atoms with Crippen molar-refractivity contribution in [3.8, 4) is 0 Å². The molecule has 2 amide bonds. The lowest BCUT2D eigenvalue weighted by atomic mass is 9.90. The summed E-state index contributed by atoms with van der Waals surface area (Å²) < 4.78 is 24.7. The van der Waals surface area contributed by atoms with Crippen molar-refractivity contribution >= 4 is 17.7 Å². The Morgan fingerprint density at radius 1 is 1.31 bits per heavy atom. The van der Waals surface area contributed by atoms with E-state index in [-0.39, 0.29) is 11.5 Å². The number of hydrogen-bond acceptors (Lipinski definition) is 6. The first-order valence-corrected chi connectivity index (χ1v) is 9.29. The van der Waals surface area contributed by atoms with Gasteiger partial charge in [-0.2, -0.15) is 4.39 Å². The fourth-order valence-corrected chi connectivity index (χ4v) is 3.07. The number of carbonyl (C=O) groups excluding carboxylic acids is 2. The number of amides is 2. The number of alkyl carbamates (subject to hydrolysis) is 1. The predicted molar refractivity (Wildman–Crippen MR) is 102 cm³/mol. The highest BCUT2D eigenvalue weighted by Crippen LogP contribution is 2.28. The molecule has 10 heteroatoms. The van der Waals surface area contributed by atoms with Gasteiger partial charge in [0.05, 0.1) is 24.1 Å². The first kappa shape index (κ1) is 22.5. The van der Waals surface area contributed by atoms with Crippen LogP contribution in [0.5, 0.6) is 0 Å². The van der Waals surface area contributed by atoms with Crippen LogP contribution in [-0.4, -0.2) is 59.8 Å².